The molecular weight excluding hydrogens is 448 g/mol. The Bertz CT molecular complexity index is 1160. The maximum absolute atomic E-state index is 13.5. The van der Waals surface area contributed by atoms with Gasteiger partial charge in [0.15, 0.2) is 0 Å². The summed E-state index contributed by atoms with van der Waals surface area (Å²) in [5.41, 5.74) is 2.73. The van der Waals surface area contributed by atoms with Gasteiger partial charge in [-0.05, 0) is 64.1 Å². The van der Waals surface area contributed by atoms with E-state index in [1.54, 1.807) is 13.8 Å². The lowest BCUT2D eigenvalue weighted by Crippen LogP contribution is -2.17. The summed E-state index contributed by atoms with van der Waals surface area (Å²) in [5, 5.41) is 0. The fraction of sp³-hybridized carbons (Fsp3) is 0.500. The van der Waals surface area contributed by atoms with Gasteiger partial charge in [0.2, 0.25) is 0 Å². The van der Waals surface area contributed by atoms with Gasteiger partial charge in [0, 0.05) is 0 Å². The zero-order chi connectivity index (χ0) is 24.6. The first-order valence-electron chi connectivity index (χ1n) is 10.8. The molecule has 0 amide bonds. The van der Waals surface area contributed by atoms with Crippen molar-refractivity contribution in [1.82, 2.24) is 0 Å². The van der Waals surface area contributed by atoms with Crippen LogP contribution in [0.4, 0.5) is 0 Å². The van der Waals surface area contributed by atoms with Gasteiger partial charge in [-0.25, -0.2) is 0 Å². The average Bonchev–Trinajstić information content (AvgIpc) is 2.65. The fourth-order valence-corrected chi connectivity index (χ4v) is 6.05. The van der Waals surface area contributed by atoms with Crippen molar-refractivity contribution < 1.29 is 25.6 Å². The van der Waals surface area contributed by atoms with Crippen molar-refractivity contribution in [3.05, 3.63) is 52.6 Å². The normalized spacial score (nSPS) is 12.9. The summed E-state index contributed by atoms with van der Waals surface area (Å²) in [6.45, 7) is 15.4. The highest BCUT2D eigenvalue weighted by molar-refractivity contribution is 7.87. The van der Waals surface area contributed by atoms with Crippen LogP contribution in [-0.4, -0.2) is 21.4 Å². The minimum absolute atomic E-state index is 0.00144. The van der Waals surface area contributed by atoms with E-state index in [1.165, 1.54) is 18.2 Å². The largest absolute Gasteiger partial charge is 0.379 e. The van der Waals surface area contributed by atoms with Crippen LogP contribution < -0.4 is 4.18 Å². The lowest BCUT2D eigenvalue weighted by molar-refractivity contribution is 0.478. The summed E-state index contributed by atoms with van der Waals surface area (Å²) < 4.78 is 65.4. The van der Waals surface area contributed by atoms with Crippen LogP contribution in [0.5, 0.6) is 5.75 Å². The molecule has 0 fully saturated rings. The summed E-state index contributed by atoms with van der Waals surface area (Å²) in [6.07, 6.45) is 0. The molecule has 0 aliphatic heterocycles. The lowest BCUT2D eigenvalue weighted by Gasteiger charge is -2.22. The predicted molar refractivity (Wildman–Crippen MR) is 127 cm³/mol. The van der Waals surface area contributed by atoms with Gasteiger partial charge in [0.1, 0.15) is 10.6 Å². The van der Waals surface area contributed by atoms with Crippen molar-refractivity contribution >= 4 is 20.2 Å². The summed E-state index contributed by atoms with van der Waals surface area (Å²) in [5.74, 6) is -0.135. The van der Waals surface area contributed by atoms with E-state index in [-0.39, 0.29) is 44.8 Å². The predicted octanol–water partition coefficient (Wildman–Crippen LogP) is 6.19. The van der Waals surface area contributed by atoms with Crippen LogP contribution in [0.25, 0.3) is 0 Å². The third-order valence-electron chi connectivity index (χ3n) is 5.42. The Morgan fingerprint density at radius 2 is 1.16 bits per heavy atom. The van der Waals surface area contributed by atoms with Crippen LogP contribution in [-0.2, 0) is 20.2 Å². The third kappa shape index (κ3) is 5.71. The SMILES string of the molecule is CC(C)c1cc(C(C)C)c(S(=O)(=O)Oc2ccc(S(=O)(=O)O)c(C(C)C)c2)c(C(C)C)c1. The maximum atomic E-state index is 13.5. The first-order chi connectivity index (χ1) is 14.6. The van der Waals surface area contributed by atoms with Gasteiger partial charge < -0.3 is 4.18 Å². The van der Waals surface area contributed by atoms with Gasteiger partial charge in [-0.2, -0.15) is 16.8 Å². The molecule has 178 valence electrons. The molecule has 0 aromatic heterocycles. The summed E-state index contributed by atoms with van der Waals surface area (Å²) in [7, 11) is -8.65. The summed E-state index contributed by atoms with van der Waals surface area (Å²) >= 11 is 0. The summed E-state index contributed by atoms with van der Waals surface area (Å²) in [4.78, 5) is -0.0962. The van der Waals surface area contributed by atoms with E-state index in [1.807, 2.05) is 39.8 Å². The molecule has 6 nitrogen and oxygen atoms in total. The molecule has 2 rings (SSSR count). The molecule has 0 saturated heterocycles. The smallest absolute Gasteiger partial charge is 0.339 e. The quantitative estimate of drug-likeness (QED) is 0.356. The van der Waals surface area contributed by atoms with Gasteiger partial charge in [0.05, 0.1) is 4.90 Å². The van der Waals surface area contributed by atoms with E-state index in [2.05, 4.69) is 13.8 Å². The standard InChI is InChI=1S/C24H34O6S2/c1-14(2)18-11-21(16(5)6)24(22(12-18)17(7)8)32(28,29)30-19-9-10-23(31(25,26)27)20(13-19)15(3)4/h9-17H,1-8H3,(H,25,26,27). The Morgan fingerprint density at radius 1 is 0.688 bits per heavy atom. The van der Waals surface area contributed by atoms with Crippen LogP contribution in [0.2, 0.25) is 0 Å². The molecular formula is C24H34O6S2. The highest BCUT2D eigenvalue weighted by Gasteiger charge is 2.29. The minimum Gasteiger partial charge on any atom is -0.379 e. The molecule has 0 aliphatic rings. The zero-order valence-corrected chi connectivity index (χ0v) is 21.6. The third-order valence-corrected chi connectivity index (χ3v) is 7.73. The second kappa shape index (κ2) is 9.53. The first-order valence-corrected chi connectivity index (χ1v) is 13.6. The molecule has 0 bridgehead atoms. The van der Waals surface area contributed by atoms with E-state index < -0.39 is 20.2 Å². The van der Waals surface area contributed by atoms with Crippen LogP contribution in [0.15, 0.2) is 40.1 Å². The topological polar surface area (TPSA) is 97.7 Å². The Hall–Kier alpha value is -1.90. The second-order valence-electron chi connectivity index (χ2n) is 9.36. The number of hydrogen-bond acceptors (Lipinski definition) is 5. The highest BCUT2D eigenvalue weighted by Crippen LogP contribution is 2.37. The van der Waals surface area contributed by atoms with Crippen molar-refractivity contribution in [3.63, 3.8) is 0 Å². The van der Waals surface area contributed by atoms with E-state index in [0.29, 0.717) is 11.1 Å². The van der Waals surface area contributed by atoms with Gasteiger partial charge >= 0.3 is 10.1 Å². The molecule has 0 aliphatic carbocycles. The lowest BCUT2D eigenvalue weighted by atomic mass is 9.89. The van der Waals surface area contributed by atoms with Crippen LogP contribution in [0, 0.1) is 0 Å². The highest BCUT2D eigenvalue weighted by atomic mass is 32.2. The molecule has 0 heterocycles. The Balaban J connectivity index is 2.71. The van der Waals surface area contributed by atoms with Gasteiger partial charge in [0.25, 0.3) is 10.1 Å². The molecule has 1 N–H and O–H groups in total. The fourth-order valence-electron chi connectivity index (χ4n) is 3.61. The maximum Gasteiger partial charge on any atom is 0.339 e. The van der Waals surface area contributed by atoms with Gasteiger partial charge in [-0.1, -0.05) is 67.5 Å². The minimum atomic E-state index is -4.44. The van der Waals surface area contributed by atoms with Crippen molar-refractivity contribution in [2.75, 3.05) is 0 Å². The van der Waals surface area contributed by atoms with Crippen LogP contribution in [0.3, 0.4) is 0 Å². The zero-order valence-electron chi connectivity index (χ0n) is 20.0. The van der Waals surface area contributed by atoms with Crippen LogP contribution >= 0.6 is 0 Å². The monoisotopic (exact) mass is 482 g/mol. The Morgan fingerprint density at radius 3 is 1.53 bits per heavy atom. The van der Waals surface area contributed by atoms with E-state index >= 15 is 0 Å². The first kappa shape index (κ1) is 26.4. The van der Waals surface area contributed by atoms with Crippen molar-refractivity contribution in [2.45, 2.75) is 88.9 Å². The molecule has 2 aromatic carbocycles. The molecule has 0 atom stereocenters. The summed E-state index contributed by atoms with van der Waals surface area (Å²) in [6, 6.07) is 7.64. The van der Waals surface area contributed by atoms with Crippen LogP contribution in [0.1, 0.15) is 101 Å². The molecule has 32 heavy (non-hydrogen) atoms. The molecule has 8 heteroatoms. The molecule has 2 aromatic rings. The van der Waals surface area contributed by atoms with Crippen molar-refractivity contribution in [3.8, 4) is 5.75 Å². The number of rotatable bonds is 8. The molecule has 0 unspecified atom stereocenters. The van der Waals surface area contributed by atoms with E-state index in [4.69, 9.17) is 4.18 Å². The molecule has 0 radical (unpaired) electrons. The molecule has 0 saturated carbocycles. The number of benzene rings is 2. The Kier molecular flexibility index (Phi) is 7.85. The van der Waals surface area contributed by atoms with Gasteiger partial charge in [-0.15, -0.1) is 0 Å². The van der Waals surface area contributed by atoms with E-state index in [0.717, 1.165) is 5.56 Å². The average molecular weight is 483 g/mol. The second-order valence-corrected chi connectivity index (χ2v) is 12.2. The van der Waals surface area contributed by atoms with Gasteiger partial charge in [-0.3, -0.25) is 4.55 Å². The van der Waals surface area contributed by atoms with Crippen molar-refractivity contribution in [1.29, 1.82) is 0 Å². The Labute approximate surface area is 192 Å². The van der Waals surface area contributed by atoms with Crippen molar-refractivity contribution in [2.24, 2.45) is 0 Å². The van der Waals surface area contributed by atoms with E-state index in [9.17, 15) is 21.4 Å². The molecule has 0 spiro atoms. The number of hydrogen-bond donors (Lipinski definition) is 1.